The van der Waals surface area contributed by atoms with E-state index in [0.29, 0.717) is 35.4 Å². The number of benzene rings is 3. The minimum Gasteiger partial charge on any atom is -0.489 e. The number of thioether (sulfide) groups is 1. The van der Waals surface area contributed by atoms with E-state index in [4.69, 9.17) is 14.8 Å². The molecule has 1 N–H and O–H groups in total. The first kappa shape index (κ1) is 26.3. The third kappa shape index (κ3) is 5.41. The number of aryl methyl sites for hydroxylation is 1. The molecule has 0 spiro atoms. The molecule has 1 atom stereocenters. The summed E-state index contributed by atoms with van der Waals surface area (Å²) in [4.78, 5) is 18.2. The lowest BCUT2D eigenvalue weighted by atomic mass is 9.73. The lowest BCUT2D eigenvalue weighted by Crippen LogP contribution is -2.36. The zero-order valence-corrected chi connectivity index (χ0v) is 23.6. The number of hydrogen-bond donors (Lipinski definition) is 1. The number of fused-ring (bicyclic) bond motifs is 1. The summed E-state index contributed by atoms with van der Waals surface area (Å²) >= 11 is 1.37. The minimum atomic E-state index is -0.406. The van der Waals surface area contributed by atoms with Crippen molar-refractivity contribution in [3.63, 3.8) is 0 Å². The second kappa shape index (κ2) is 10.6. The highest BCUT2D eigenvalue weighted by Crippen LogP contribution is 2.46. The van der Waals surface area contributed by atoms with Crippen LogP contribution in [0, 0.1) is 18.2 Å². The van der Waals surface area contributed by atoms with Crippen LogP contribution in [0.25, 0.3) is 0 Å². The van der Waals surface area contributed by atoms with Gasteiger partial charge in [-0.25, -0.2) is 9.07 Å². The van der Waals surface area contributed by atoms with E-state index in [1.807, 2.05) is 36.4 Å². The Balaban J connectivity index is 1.29. The highest BCUT2D eigenvalue weighted by atomic mass is 32.2. The van der Waals surface area contributed by atoms with Crippen molar-refractivity contribution in [2.75, 3.05) is 5.32 Å². The standard InChI is InChI=1S/C32H31FN4O2S/c1-20-7-6-8-21(15-20)18-39-24-13-11-22(12-14-24)29-28-26(16-32(2,3)17-27(28)38)34-30-35-31(36-37(29)30)40-19-23-9-4-5-10-25(23)33/h4-15,29H,16-19H2,1-3H3,(H,34,35,36). The quantitative estimate of drug-likeness (QED) is 0.243. The fraction of sp³-hybridized carbons (Fsp3) is 0.281. The third-order valence-electron chi connectivity index (χ3n) is 7.31. The molecule has 1 unspecified atom stereocenters. The van der Waals surface area contributed by atoms with Crippen LogP contribution in [0.15, 0.2) is 89.2 Å². The molecule has 0 saturated carbocycles. The number of carbonyl (C=O) groups is 1. The summed E-state index contributed by atoms with van der Waals surface area (Å²) in [6.07, 6.45) is 1.22. The van der Waals surface area contributed by atoms with E-state index >= 15 is 0 Å². The number of rotatable bonds is 7. The molecule has 1 aromatic heterocycles. The molecule has 2 aliphatic rings. The number of ketones is 1. The number of halogens is 1. The van der Waals surface area contributed by atoms with Crippen LogP contribution >= 0.6 is 11.8 Å². The maximum absolute atomic E-state index is 14.2. The Morgan fingerprint density at radius 3 is 2.65 bits per heavy atom. The lowest BCUT2D eigenvalue weighted by molar-refractivity contribution is -0.118. The Morgan fingerprint density at radius 1 is 1.07 bits per heavy atom. The first-order valence-corrected chi connectivity index (χ1v) is 14.4. The molecule has 6 rings (SSSR count). The Kier molecular flexibility index (Phi) is 6.96. The van der Waals surface area contributed by atoms with Crippen LogP contribution in [-0.4, -0.2) is 20.5 Å². The highest BCUT2D eigenvalue weighted by Gasteiger charge is 2.41. The molecule has 0 bridgehead atoms. The molecule has 3 aromatic carbocycles. The van der Waals surface area contributed by atoms with Crippen LogP contribution in [0.2, 0.25) is 0 Å². The molecule has 4 aromatic rings. The summed E-state index contributed by atoms with van der Waals surface area (Å²) < 4.78 is 22.0. The number of anilines is 1. The lowest BCUT2D eigenvalue weighted by Gasteiger charge is -2.38. The van der Waals surface area contributed by atoms with Gasteiger partial charge in [0.1, 0.15) is 24.2 Å². The van der Waals surface area contributed by atoms with Gasteiger partial charge in [-0.2, -0.15) is 4.98 Å². The van der Waals surface area contributed by atoms with Gasteiger partial charge >= 0.3 is 0 Å². The SMILES string of the molecule is Cc1cccc(COc2ccc(C3C4=C(CC(C)(C)CC4=O)Nc4nc(SCc5ccccc5F)nn43)cc2)c1. The molecule has 0 radical (unpaired) electrons. The van der Waals surface area contributed by atoms with Gasteiger partial charge < -0.3 is 10.1 Å². The largest absolute Gasteiger partial charge is 0.489 e. The van der Waals surface area contributed by atoms with Crippen molar-refractivity contribution in [3.8, 4) is 5.75 Å². The summed E-state index contributed by atoms with van der Waals surface area (Å²) in [6, 6.07) is 22.4. The number of nitrogens with one attached hydrogen (secondary N) is 1. The van der Waals surface area contributed by atoms with Gasteiger partial charge in [-0.3, -0.25) is 4.79 Å². The highest BCUT2D eigenvalue weighted by molar-refractivity contribution is 7.98. The molecule has 1 aliphatic carbocycles. The van der Waals surface area contributed by atoms with Gasteiger partial charge in [-0.1, -0.05) is 85.8 Å². The van der Waals surface area contributed by atoms with Gasteiger partial charge in [-0.05, 0) is 53.6 Å². The van der Waals surface area contributed by atoms with E-state index in [1.54, 1.807) is 16.8 Å². The normalized spacial score (nSPS) is 17.7. The second-order valence-electron chi connectivity index (χ2n) is 11.3. The molecule has 0 amide bonds. The third-order valence-corrected chi connectivity index (χ3v) is 8.20. The van der Waals surface area contributed by atoms with E-state index in [-0.39, 0.29) is 17.0 Å². The van der Waals surface area contributed by atoms with Crippen LogP contribution in [0.1, 0.15) is 55.0 Å². The zero-order chi connectivity index (χ0) is 27.9. The summed E-state index contributed by atoms with van der Waals surface area (Å²) in [6.45, 7) is 6.77. The van der Waals surface area contributed by atoms with Crippen molar-refractivity contribution < 1.29 is 13.9 Å². The van der Waals surface area contributed by atoms with Crippen LogP contribution in [0.3, 0.4) is 0 Å². The molecule has 1 aliphatic heterocycles. The van der Waals surface area contributed by atoms with Crippen molar-refractivity contribution in [2.24, 2.45) is 5.41 Å². The maximum atomic E-state index is 14.2. The van der Waals surface area contributed by atoms with E-state index in [9.17, 15) is 9.18 Å². The van der Waals surface area contributed by atoms with Crippen molar-refractivity contribution in [2.45, 2.75) is 57.2 Å². The summed E-state index contributed by atoms with van der Waals surface area (Å²) in [5, 5.41) is 8.72. The van der Waals surface area contributed by atoms with Gasteiger partial charge in [-0.15, -0.1) is 5.10 Å². The average molecular weight is 555 g/mol. The van der Waals surface area contributed by atoms with Gasteiger partial charge in [0.15, 0.2) is 5.78 Å². The number of ether oxygens (including phenoxy) is 1. The summed E-state index contributed by atoms with van der Waals surface area (Å²) in [5.74, 6) is 1.62. The van der Waals surface area contributed by atoms with E-state index in [0.717, 1.165) is 34.6 Å². The molecular formula is C32H31FN4O2S. The summed E-state index contributed by atoms with van der Waals surface area (Å²) in [5.41, 5.74) is 5.32. The predicted octanol–water partition coefficient (Wildman–Crippen LogP) is 7.26. The van der Waals surface area contributed by atoms with Crippen molar-refractivity contribution in [3.05, 3.63) is 112 Å². The van der Waals surface area contributed by atoms with E-state index < -0.39 is 6.04 Å². The molecule has 0 saturated heterocycles. The van der Waals surface area contributed by atoms with Gasteiger partial charge in [0.25, 0.3) is 0 Å². The molecule has 0 fully saturated rings. The number of aromatic nitrogens is 3. The molecule has 40 heavy (non-hydrogen) atoms. The Hall–Kier alpha value is -3.91. The molecule has 6 nitrogen and oxygen atoms in total. The first-order valence-electron chi connectivity index (χ1n) is 13.4. The van der Waals surface area contributed by atoms with Crippen molar-refractivity contribution in [1.82, 2.24) is 14.8 Å². The van der Waals surface area contributed by atoms with Gasteiger partial charge in [0.2, 0.25) is 11.1 Å². The molecule has 8 heteroatoms. The van der Waals surface area contributed by atoms with Crippen LogP contribution in [0.4, 0.5) is 10.3 Å². The van der Waals surface area contributed by atoms with Gasteiger partial charge in [0, 0.05) is 23.4 Å². The fourth-order valence-corrected chi connectivity index (χ4v) is 6.25. The van der Waals surface area contributed by atoms with Gasteiger partial charge in [0.05, 0.1) is 0 Å². The molecule has 204 valence electrons. The predicted molar refractivity (Wildman–Crippen MR) is 155 cm³/mol. The number of carbonyl (C=O) groups excluding carboxylic acids is 1. The average Bonchev–Trinajstić information content (AvgIpc) is 3.32. The molecular weight excluding hydrogens is 523 g/mol. The van der Waals surface area contributed by atoms with Crippen molar-refractivity contribution in [1.29, 1.82) is 0 Å². The van der Waals surface area contributed by atoms with Crippen LogP contribution in [-0.2, 0) is 17.2 Å². The monoisotopic (exact) mass is 554 g/mol. The Labute approximate surface area is 237 Å². The zero-order valence-electron chi connectivity index (χ0n) is 22.8. The topological polar surface area (TPSA) is 69.0 Å². The number of hydrogen-bond acceptors (Lipinski definition) is 6. The Bertz CT molecular complexity index is 1610. The first-order chi connectivity index (χ1) is 19.3. The van der Waals surface area contributed by atoms with Crippen LogP contribution < -0.4 is 10.1 Å². The number of nitrogens with zero attached hydrogens (tertiary/aromatic N) is 3. The minimum absolute atomic E-state index is 0.116. The number of Topliss-reactive ketones (excluding diaryl/α,β-unsaturated/α-hetero) is 1. The van der Waals surface area contributed by atoms with E-state index in [1.165, 1.54) is 23.4 Å². The second-order valence-corrected chi connectivity index (χ2v) is 12.2. The smallest absolute Gasteiger partial charge is 0.227 e. The number of allylic oxidation sites excluding steroid dienone is 2. The molecule has 2 heterocycles. The van der Waals surface area contributed by atoms with Crippen molar-refractivity contribution >= 4 is 23.5 Å². The maximum Gasteiger partial charge on any atom is 0.227 e. The van der Waals surface area contributed by atoms with Crippen LogP contribution in [0.5, 0.6) is 5.75 Å². The Morgan fingerprint density at radius 2 is 1.88 bits per heavy atom. The fourth-order valence-electron chi connectivity index (χ4n) is 5.43. The van der Waals surface area contributed by atoms with E-state index in [2.05, 4.69) is 44.3 Å². The summed E-state index contributed by atoms with van der Waals surface area (Å²) in [7, 11) is 0.